The average molecular weight is 317 g/mol. The first-order chi connectivity index (χ1) is 11.7. The number of nitrogens with zero attached hydrogens (tertiary/aromatic N) is 2. The van der Waals surface area contributed by atoms with Gasteiger partial charge in [-0.3, -0.25) is 4.79 Å². The Morgan fingerprint density at radius 3 is 2.46 bits per heavy atom. The monoisotopic (exact) mass is 317 g/mol. The van der Waals surface area contributed by atoms with Gasteiger partial charge in [0, 0.05) is 42.4 Å². The zero-order chi connectivity index (χ0) is 16.5. The Labute approximate surface area is 141 Å². The van der Waals surface area contributed by atoms with Gasteiger partial charge in [-0.25, -0.2) is 0 Å². The molecule has 4 heteroatoms. The molecule has 4 nitrogen and oxygen atoms in total. The Bertz CT molecular complexity index is 866. The normalized spacial score (nSPS) is 13.6. The molecule has 1 amide bonds. The Hall–Kier alpha value is -3.01. The van der Waals surface area contributed by atoms with Crippen LogP contribution < -0.4 is 5.73 Å². The molecule has 1 aliphatic heterocycles. The minimum absolute atomic E-state index is 0.0714. The van der Waals surface area contributed by atoms with Crippen LogP contribution in [0.1, 0.15) is 21.5 Å². The van der Waals surface area contributed by atoms with Gasteiger partial charge in [-0.15, -0.1) is 0 Å². The van der Waals surface area contributed by atoms with Gasteiger partial charge in [-0.05, 0) is 66.1 Å². The summed E-state index contributed by atoms with van der Waals surface area (Å²) in [4.78, 5) is 14.7. The van der Waals surface area contributed by atoms with Gasteiger partial charge >= 0.3 is 0 Å². The number of hydrogen-bond donors (Lipinski definition) is 1. The molecule has 0 unspecified atom stereocenters. The summed E-state index contributed by atoms with van der Waals surface area (Å²) in [5.74, 6) is 0.0714. The van der Waals surface area contributed by atoms with Gasteiger partial charge in [0.05, 0.1) is 0 Å². The molecule has 4 rings (SSSR count). The highest BCUT2D eigenvalue weighted by molar-refractivity contribution is 5.94. The molecule has 1 aromatic heterocycles. The molecule has 0 radical (unpaired) electrons. The van der Waals surface area contributed by atoms with E-state index in [0.29, 0.717) is 6.54 Å². The van der Waals surface area contributed by atoms with Gasteiger partial charge in [0.2, 0.25) is 0 Å². The molecule has 2 heterocycles. The molecule has 0 bridgehead atoms. The second kappa shape index (κ2) is 5.89. The molecular formula is C20H19N3O. The minimum atomic E-state index is 0.0714. The van der Waals surface area contributed by atoms with Crippen molar-refractivity contribution in [2.45, 2.75) is 13.0 Å². The zero-order valence-corrected chi connectivity index (χ0v) is 13.4. The molecule has 0 aliphatic carbocycles. The quantitative estimate of drug-likeness (QED) is 0.738. The fourth-order valence-electron chi connectivity index (χ4n) is 3.22. The van der Waals surface area contributed by atoms with Gasteiger partial charge in [-0.1, -0.05) is 6.07 Å². The summed E-state index contributed by atoms with van der Waals surface area (Å²) in [5.41, 5.74) is 10.8. The Morgan fingerprint density at radius 2 is 1.71 bits per heavy atom. The van der Waals surface area contributed by atoms with Crippen molar-refractivity contribution in [1.29, 1.82) is 0 Å². The summed E-state index contributed by atoms with van der Waals surface area (Å²) < 4.78 is 2.02. The second-order valence-electron chi connectivity index (χ2n) is 6.14. The SMILES string of the molecule is Nc1ccc2c(c1)CN(C(=O)c1ccc(-n3cccc3)cc1)CC2. The van der Waals surface area contributed by atoms with Gasteiger partial charge in [0.15, 0.2) is 0 Å². The summed E-state index contributed by atoms with van der Waals surface area (Å²) in [6.45, 7) is 1.37. The predicted molar refractivity (Wildman–Crippen MR) is 95.1 cm³/mol. The van der Waals surface area contributed by atoms with Crippen molar-refractivity contribution in [3.8, 4) is 5.69 Å². The molecule has 0 fully saturated rings. The zero-order valence-electron chi connectivity index (χ0n) is 13.4. The van der Waals surface area contributed by atoms with E-state index in [4.69, 9.17) is 5.73 Å². The number of amides is 1. The lowest BCUT2D eigenvalue weighted by Crippen LogP contribution is -2.36. The van der Waals surface area contributed by atoms with Crippen LogP contribution in [0.2, 0.25) is 0 Å². The third-order valence-corrected chi connectivity index (χ3v) is 4.55. The molecule has 2 aromatic carbocycles. The van der Waals surface area contributed by atoms with E-state index in [1.54, 1.807) is 0 Å². The number of nitrogens with two attached hydrogens (primary N) is 1. The van der Waals surface area contributed by atoms with Gasteiger partial charge in [0.1, 0.15) is 0 Å². The largest absolute Gasteiger partial charge is 0.399 e. The van der Waals surface area contributed by atoms with Crippen LogP contribution in [0.15, 0.2) is 67.0 Å². The molecule has 0 atom stereocenters. The van der Waals surface area contributed by atoms with Gasteiger partial charge in [0.25, 0.3) is 5.91 Å². The summed E-state index contributed by atoms with van der Waals surface area (Å²) in [7, 11) is 0. The fraction of sp³-hybridized carbons (Fsp3) is 0.150. The van der Waals surface area contributed by atoms with E-state index in [9.17, 15) is 4.79 Å². The van der Waals surface area contributed by atoms with Crippen molar-refractivity contribution in [3.63, 3.8) is 0 Å². The van der Waals surface area contributed by atoms with Crippen molar-refractivity contribution in [2.24, 2.45) is 0 Å². The molecule has 24 heavy (non-hydrogen) atoms. The highest BCUT2D eigenvalue weighted by Crippen LogP contribution is 2.23. The summed E-state index contributed by atoms with van der Waals surface area (Å²) in [6.07, 6.45) is 4.86. The number of nitrogen functional groups attached to an aromatic ring is 1. The fourth-order valence-corrected chi connectivity index (χ4v) is 3.22. The van der Waals surface area contributed by atoms with E-state index in [2.05, 4.69) is 6.07 Å². The molecule has 3 aromatic rings. The molecule has 1 aliphatic rings. The smallest absolute Gasteiger partial charge is 0.254 e. The Balaban J connectivity index is 1.54. The van der Waals surface area contributed by atoms with Crippen molar-refractivity contribution in [1.82, 2.24) is 9.47 Å². The maximum absolute atomic E-state index is 12.8. The van der Waals surface area contributed by atoms with Crippen LogP contribution in [-0.4, -0.2) is 21.9 Å². The molecular weight excluding hydrogens is 298 g/mol. The van der Waals surface area contributed by atoms with Crippen LogP contribution >= 0.6 is 0 Å². The van der Waals surface area contributed by atoms with E-state index in [-0.39, 0.29) is 5.91 Å². The highest BCUT2D eigenvalue weighted by atomic mass is 16.2. The van der Waals surface area contributed by atoms with Crippen molar-refractivity contribution in [2.75, 3.05) is 12.3 Å². The van der Waals surface area contributed by atoms with Crippen LogP contribution in [0.25, 0.3) is 5.69 Å². The molecule has 120 valence electrons. The highest BCUT2D eigenvalue weighted by Gasteiger charge is 2.21. The summed E-state index contributed by atoms with van der Waals surface area (Å²) >= 11 is 0. The number of benzene rings is 2. The van der Waals surface area contributed by atoms with E-state index >= 15 is 0 Å². The number of carbonyl (C=O) groups is 1. The van der Waals surface area contributed by atoms with Crippen LogP contribution in [0.5, 0.6) is 0 Å². The topological polar surface area (TPSA) is 51.3 Å². The van der Waals surface area contributed by atoms with Crippen LogP contribution in [0.4, 0.5) is 5.69 Å². The first kappa shape index (κ1) is 14.6. The van der Waals surface area contributed by atoms with Crippen molar-refractivity contribution in [3.05, 3.63) is 83.7 Å². The standard InChI is InChI=1S/C20H19N3O/c21-18-6-3-15-9-12-23(14-17(15)13-18)20(24)16-4-7-19(8-5-16)22-10-1-2-11-22/h1-8,10-11,13H,9,12,14,21H2. The molecule has 0 saturated carbocycles. The van der Waals surface area contributed by atoms with Crippen molar-refractivity contribution < 1.29 is 4.79 Å². The Kier molecular flexibility index (Phi) is 3.58. The number of carbonyl (C=O) groups excluding carboxylic acids is 1. The maximum Gasteiger partial charge on any atom is 0.254 e. The maximum atomic E-state index is 12.8. The van der Waals surface area contributed by atoms with Gasteiger partial charge < -0.3 is 15.2 Å². The van der Waals surface area contributed by atoms with Crippen LogP contribution in [0, 0.1) is 0 Å². The van der Waals surface area contributed by atoms with E-state index < -0.39 is 0 Å². The number of hydrogen-bond acceptors (Lipinski definition) is 2. The van der Waals surface area contributed by atoms with Crippen LogP contribution in [-0.2, 0) is 13.0 Å². The average Bonchev–Trinajstić information content (AvgIpc) is 3.15. The first-order valence-corrected chi connectivity index (χ1v) is 8.11. The van der Waals surface area contributed by atoms with Gasteiger partial charge in [-0.2, -0.15) is 0 Å². The third-order valence-electron chi connectivity index (χ3n) is 4.55. The Morgan fingerprint density at radius 1 is 0.958 bits per heavy atom. The number of anilines is 1. The molecule has 0 spiro atoms. The van der Waals surface area contributed by atoms with Crippen molar-refractivity contribution >= 4 is 11.6 Å². The number of aromatic nitrogens is 1. The van der Waals surface area contributed by atoms with E-state index in [0.717, 1.165) is 35.5 Å². The number of fused-ring (bicyclic) bond motifs is 1. The lowest BCUT2D eigenvalue weighted by atomic mass is 9.98. The minimum Gasteiger partial charge on any atom is -0.399 e. The third kappa shape index (κ3) is 2.67. The summed E-state index contributed by atoms with van der Waals surface area (Å²) in [5, 5.41) is 0. The predicted octanol–water partition coefficient (Wildman–Crippen LogP) is 3.26. The lowest BCUT2D eigenvalue weighted by Gasteiger charge is -2.29. The van der Waals surface area contributed by atoms with Crippen LogP contribution in [0.3, 0.4) is 0 Å². The summed E-state index contributed by atoms with van der Waals surface area (Å²) in [6, 6.07) is 17.7. The molecule has 2 N–H and O–H groups in total. The first-order valence-electron chi connectivity index (χ1n) is 8.11. The second-order valence-corrected chi connectivity index (χ2v) is 6.14. The van der Waals surface area contributed by atoms with E-state index in [1.165, 1.54) is 5.56 Å². The number of rotatable bonds is 2. The van der Waals surface area contributed by atoms with E-state index in [1.807, 2.05) is 70.4 Å². The molecule has 0 saturated heterocycles. The lowest BCUT2D eigenvalue weighted by molar-refractivity contribution is 0.0735.